The Balaban J connectivity index is 1.61. The lowest BCUT2D eigenvalue weighted by Gasteiger charge is -2.23. The van der Waals surface area contributed by atoms with Crippen LogP contribution in [0.5, 0.6) is 0 Å². The van der Waals surface area contributed by atoms with Crippen molar-refractivity contribution in [2.75, 3.05) is 37.9 Å². The number of nitrogens with zero attached hydrogens (tertiary/aromatic N) is 1. The zero-order valence-electron chi connectivity index (χ0n) is 15.5. The summed E-state index contributed by atoms with van der Waals surface area (Å²) < 4.78 is 16.9. The predicted octanol–water partition coefficient (Wildman–Crippen LogP) is 2.30. The zero-order chi connectivity index (χ0) is 19.4. The van der Waals surface area contributed by atoms with E-state index in [1.807, 2.05) is 18.2 Å². The minimum atomic E-state index is -1.02. The molecular weight excluding hydrogens is 368 g/mol. The van der Waals surface area contributed by atoms with E-state index in [9.17, 15) is 18.9 Å². The number of urea groups is 1. The van der Waals surface area contributed by atoms with E-state index >= 15 is 0 Å². The van der Waals surface area contributed by atoms with Crippen LogP contribution in [0.25, 0.3) is 0 Å². The summed E-state index contributed by atoms with van der Waals surface area (Å²) in [5.74, 6) is 0.122. The highest BCUT2D eigenvalue weighted by molar-refractivity contribution is 7.84. The molecule has 1 aromatic carbocycles. The summed E-state index contributed by atoms with van der Waals surface area (Å²) in [6, 6.07) is 7.01. The van der Waals surface area contributed by atoms with Crippen molar-refractivity contribution in [3.05, 3.63) is 29.8 Å². The number of carbonyl (C=O) groups is 2. The molecule has 3 rings (SSSR count). The summed E-state index contributed by atoms with van der Waals surface area (Å²) in [6.07, 6.45) is 2.41. The smallest absolute Gasteiger partial charge is 0.321 e. The van der Waals surface area contributed by atoms with E-state index in [1.165, 1.54) is 0 Å². The van der Waals surface area contributed by atoms with Crippen molar-refractivity contribution in [2.24, 2.45) is 11.3 Å². The number of carboxylic acids is 1. The van der Waals surface area contributed by atoms with Gasteiger partial charge in [-0.25, -0.2) is 4.79 Å². The van der Waals surface area contributed by atoms with Crippen molar-refractivity contribution >= 4 is 28.5 Å². The van der Waals surface area contributed by atoms with E-state index in [0.717, 1.165) is 18.4 Å². The van der Waals surface area contributed by atoms with Crippen LogP contribution in [0, 0.1) is 11.3 Å². The van der Waals surface area contributed by atoms with Gasteiger partial charge in [-0.05, 0) is 36.5 Å². The molecule has 148 valence electrons. The van der Waals surface area contributed by atoms with Crippen LogP contribution < -0.4 is 5.32 Å². The summed E-state index contributed by atoms with van der Waals surface area (Å²) in [4.78, 5) is 26.0. The number of rotatable bonds is 7. The second-order valence-electron chi connectivity index (χ2n) is 7.34. The lowest BCUT2D eigenvalue weighted by atomic mass is 9.81. The number of carbonyl (C=O) groups excluding carboxylic acids is 1. The number of anilines is 1. The lowest BCUT2D eigenvalue weighted by Crippen LogP contribution is -2.38. The highest BCUT2D eigenvalue weighted by atomic mass is 32.2. The maximum Gasteiger partial charge on any atom is 0.321 e. The van der Waals surface area contributed by atoms with Gasteiger partial charge in [-0.15, -0.1) is 0 Å². The molecule has 2 amide bonds. The zero-order valence-corrected chi connectivity index (χ0v) is 16.3. The quantitative estimate of drug-likeness (QED) is 0.740. The second kappa shape index (κ2) is 8.39. The third-order valence-corrected chi connectivity index (χ3v) is 6.88. The van der Waals surface area contributed by atoms with Crippen LogP contribution in [0.1, 0.15) is 24.8 Å². The fraction of sp³-hybridized carbons (Fsp3) is 0.579. The van der Waals surface area contributed by atoms with E-state index < -0.39 is 22.2 Å². The maximum atomic E-state index is 12.6. The van der Waals surface area contributed by atoms with Crippen LogP contribution in [0.2, 0.25) is 0 Å². The summed E-state index contributed by atoms with van der Waals surface area (Å²) in [5, 5.41) is 12.5. The highest BCUT2D eigenvalue weighted by Crippen LogP contribution is 2.48. The van der Waals surface area contributed by atoms with Crippen molar-refractivity contribution in [1.29, 1.82) is 0 Å². The number of likely N-dealkylation sites (tertiary alicyclic amines) is 1. The number of ether oxygens (including phenoxy) is 1. The molecule has 1 aliphatic carbocycles. The van der Waals surface area contributed by atoms with Gasteiger partial charge in [0.25, 0.3) is 0 Å². The summed E-state index contributed by atoms with van der Waals surface area (Å²) in [6.45, 7) is 1.20. The molecule has 1 unspecified atom stereocenters. The summed E-state index contributed by atoms with van der Waals surface area (Å²) >= 11 is 0. The van der Waals surface area contributed by atoms with E-state index in [0.29, 0.717) is 36.8 Å². The van der Waals surface area contributed by atoms with Crippen LogP contribution in [0.3, 0.4) is 0 Å². The average Bonchev–Trinajstić information content (AvgIpc) is 3.19. The number of hydrogen-bond acceptors (Lipinski definition) is 4. The van der Waals surface area contributed by atoms with E-state index in [4.69, 9.17) is 4.74 Å². The molecule has 1 saturated carbocycles. The predicted molar refractivity (Wildman–Crippen MR) is 103 cm³/mol. The van der Waals surface area contributed by atoms with Crippen LogP contribution in [0.4, 0.5) is 10.5 Å². The Labute approximate surface area is 161 Å². The fourth-order valence-corrected chi connectivity index (χ4v) is 5.22. The standard InChI is InChI=1S/C19H26N2O5S/c1-26-8-9-27(25)12-14-4-2-6-16(10-14)20-18(24)21-11-15-5-3-7-19(15,13-21)17(22)23/h2,4,6,10,15H,3,5,7-9,11-13H2,1H3,(H,20,24)(H,22,23)/t15-,19+,27?/m0/s1. The van der Waals surface area contributed by atoms with Crippen molar-refractivity contribution < 1.29 is 23.6 Å². The number of nitrogens with one attached hydrogen (secondary N) is 1. The Bertz CT molecular complexity index is 741. The van der Waals surface area contributed by atoms with Gasteiger partial charge in [0.2, 0.25) is 0 Å². The van der Waals surface area contributed by atoms with Gasteiger partial charge in [0.05, 0.1) is 12.0 Å². The van der Waals surface area contributed by atoms with Crippen LogP contribution >= 0.6 is 0 Å². The SMILES string of the molecule is COCCS(=O)Cc1cccc(NC(=O)N2C[C@@H]3CCC[C@@]3(C(=O)O)C2)c1. The third kappa shape index (κ3) is 4.32. The van der Waals surface area contributed by atoms with E-state index in [2.05, 4.69) is 5.32 Å². The number of methoxy groups -OCH3 is 1. The van der Waals surface area contributed by atoms with Gasteiger partial charge in [-0.2, -0.15) is 0 Å². The first kappa shape index (κ1) is 19.8. The van der Waals surface area contributed by atoms with Crippen molar-refractivity contribution in [3.8, 4) is 0 Å². The Morgan fingerprint density at radius 1 is 1.44 bits per heavy atom. The van der Waals surface area contributed by atoms with Crippen molar-refractivity contribution in [1.82, 2.24) is 4.90 Å². The normalized spacial score (nSPS) is 25.2. The average molecular weight is 394 g/mol. The molecule has 1 aliphatic heterocycles. The number of aliphatic carboxylic acids is 1. The Kier molecular flexibility index (Phi) is 6.16. The fourth-order valence-electron chi connectivity index (χ4n) is 4.17. The van der Waals surface area contributed by atoms with Crippen LogP contribution in [-0.4, -0.2) is 58.8 Å². The molecule has 27 heavy (non-hydrogen) atoms. The number of carboxylic acid groups (broad SMARTS) is 1. The van der Waals surface area contributed by atoms with Gasteiger partial charge < -0.3 is 20.1 Å². The topological polar surface area (TPSA) is 95.9 Å². The van der Waals surface area contributed by atoms with E-state index in [1.54, 1.807) is 18.1 Å². The molecule has 0 aromatic heterocycles. The van der Waals surface area contributed by atoms with Gasteiger partial charge in [-0.3, -0.25) is 9.00 Å². The molecule has 2 N–H and O–H groups in total. The van der Waals surface area contributed by atoms with Crippen molar-refractivity contribution in [3.63, 3.8) is 0 Å². The largest absolute Gasteiger partial charge is 0.481 e. The molecule has 3 atom stereocenters. The first-order chi connectivity index (χ1) is 12.9. The number of fused-ring (bicyclic) bond motifs is 1. The molecule has 1 heterocycles. The van der Waals surface area contributed by atoms with E-state index in [-0.39, 0.29) is 18.5 Å². The maximum absolute atomic E-state index is 12.6. The second-order valence-corrected chi connectivity index (χ2v) is 8.92. The van der Waals surface area contributed by atoms with Crippen LogP contribution in [0.15, 0.2) is 24.3 Å². The Hall–Kier alpha value is -1.93. The van der Waals surface area contributed by atoms with Gasteiger partial charge in [-0.1, -0.05) is 18.6 Å². The monoisotopic (exact) mass is 394 g/mol. The molecule has 2 aliphatic rings. The highest BCUT2D eigenvalue weighted by Gasteiger charge is 2.55. The first-order valence-corrected chi connectivity index (χ1v) is 10.7. The number of hydrogen-bond donors (Lipinski definition) is 2. The number of amides is 2. The molecule has 0 bridgehead atoms. The van der Waals surface area contributed by atoms with Gasteiger partial charge >= 0.3 is 12.0 Å². The molecule has 2 fully saturated rings. The van der Waals surface area contributed by atoms with Gasteiger partial charge in [0.1, 0.15) is 0 Å². The van der Waals surface area contributed by atoms with Crippen LogP contribution in [-0.2, 0) is 26.1 Å². The Morgan fingerprint density at radius 3 is 2.96 bits per heavy atom. The summed E-state index contributed by atoms with van der Waals surface area (Å²) in [5.41, 5.74) is 0.725. The molecule has 1 saturated heterocycles. The minimum absolute atomic E-state index is 0.0373. The molecule has 7 nitrogen and oxygen atoms in total. The molecule has 0 spiro atoms. The molecule has 0 radical (unpaired) electrons. The van der Waals surface area contributed by atoms with Crippen molar-refractivity contribution in [2.45, 2.75) is 25.0 Å². The first-order valence-electron chi connectivity index (χ1n) is 9.17. The molecule has 8 heteroatoms. The molecular formula is C19H26N2O5S. The Morgan fingerprint density at radius 2 is 2.26 bits per heavy atom. The summed E-state index contributed by atoms with van der Waals surface area (Å²) in [7, 11) is 0.556. The molecule has 1 aromatic rings. The lowest BCUT2D eigenvalue weighted by molar-refractivity contribution is -0.149. The number of benzene rings is 1. The van der Waals surface area contributed by atoms with Gasteiger partial charge in [0, 0.05) is 48.2 Å². The third-order valence-electron chi connectivity index (χ3n) is 5.60. The minimum Gasteiger partial charge on any atom is -0.481 e. The van der Waals surface area contributed by atoms with Gasteiger partial charge in [0.15, 0.2) is 0 Å².